The Bertz CT molecular complexity index is 1180. The fraction of sp³-hybridized carbons (Fsp3) is 0.296. The fourth-order valence-electron chi connectivity index (χ4n) is 4.58. The molecule has 0 aliphatic carbocycles. The van der Waals surface area contributed by atoms with Crippen LogP contribution in [-0.2, 0) is 6.54 Å². The smallest absolute Gasteiger partial charge is 0.173 e. The number of methoxy groups -OCH3 is 1. The lowest BCUT2D eigenvalue weighted by atomic mass is 10.0. The largest absolute Gasteiger partial charge is 0.497 e. The van der Waals surface area contributed by atoms with E-state index in [0.717, 1.165) is 37.8 Å². The highest BCUT2D eigenvalue weighted by Crippen LogP contribution is 2.30. The van der Waals surface area contributed by atoms with Gasteiger partial charge in [0, 0.05) is 31.9 Å². The van der Waals surface area contributed by atoms with Crippen LogP contribution in [0.25, 0.3) is 0 Å². The van der Waals surface area contributed by atoms with Gasteiger partial charge < -0.3 is 9.64 Å². The molecule has 0 saturated carbocycles. The van der Waals surface area contributed by atoms with Gasteiger partial charge in [-0.25, -0.2) is 4.68 Å². The molecule has 0 spiro atoms. The van der Waals surface area contributed by atoms with Crippen molar-refractivity contribution in [2.45, 2.75) is 19.5 Å². The molecule has 2 heterocycles. The summed E-state index contributed by atoms with van der Waals surface area (Å²) >= 11 is 0. The standard InChI is InChI=1S/C27H30N6O/c1-21-8-10-23(11-9-21)26(27-28-29-30-33(27)20-22-6-4-3-5-7-22)32-18-16-31(17-19-32)24-12-14-25(34-2)15-13-24/h3-15,26H,16-20H2,1-2H3/t26-/m1/s1. The number of ether oxygens (including phenoxy) is 1. The molecule has 34 heavy (non-hydrogen) atoms. The summed E-state index contributed by atoms with van der Waals surface area (Å²) in [6, 6.07) is 27.4. The first-order chi connectivity index (χ1) is 16.7. The molecule has 5 rings (SSSR count). The number of benzene rings is 3. The summed E-state index contributed by atoms with van der Waals surface area (Å²) in [6.45, 7) is 6.48. The van der Waals surface area contributed by atoms with Gasteiger partial charge >= 0.3 is 0 Å². The number of nitrogens with zero attached hydrogens (tertiary/aromatic N) is 6. The Morgan fingerprint density at radius 3 is 2.24 bits per heavy atom. The Labute approximate surface area is 200 Å². The third kappa shape index (κ3) is 4.79. The normalized spacial score (nSPS) is 15.3. The average Bonchev–Trinajstić information content (AvgIpc) is 3.34. The molecule has 3 aromatic carbocycles. The maximum atomic E-state index is 5.31. The minimum absolute atomic E-state index is 0.00247. The van der Waals surface area contributed by atoms with Gasteiger partial charge in [0.25, 0.3) is 0 Å². The van der Waals surface area contributed by atoms with E-state index in [1.54, 1.807) is 7.11 Å². The second-order valence-electron chi connectivity index (χ2n) is 8.71. The second-order valence-corrected chi connectivity index (χ2v) is 8.71. The second kappa shape index (κ2) is 10.1. The van der Waals surface area contributed by atoms with Gasteiger partial charge in [0.05, 0.1) is 19.7 Å². The highest BCUT2D eigenvalue weighted by Gasteiger charge is 2.30. The van der Waals surface area contributed by atoms with E-state index in [1.807, 2.05) is 22.9 Å². The number of aromatic nitrogens is 4. The highest BCUT2D eigenvalue weighted by atomic mass is 16.5. The van der Waals surface area contributed by atoms with Crippen molar-refractivity contribution >= 4 is 5.69 Å². The minimum atomic E-state index is -0.00247. The molecule has 1 fully saturated rings. The summed E-state index contributed by atoms with van der Waals surface area (Å²) in [5, 5.41) is 12.9. The first-order valence-corrected chi connectivity index (χ1v) is 11.7. The number of rotatable bonds is 7. The van der Waals surface area contributed by atoms with Crippen LogP contribution in [0.3, 0.4) is 0 Å². The van der Waals surface area contributed by atoms with Gasteiger partial charge in [0.2, 0.25) is 0 Å². The lowest BCUT2D eigenvalue weighted by Gasteiger charge is -2.40. The van der Waals surface area contributed by atoms with E-state index in [0.29, 0.717) is 6.54 Å². The van der Waals surface area contributed by atoms with Crippen LogP contribution in [0.15, 0.2) is 78.9 Å². The van der Waals surface area contributed by atoms with Crippen LogP contribution < -0.4 is 9.64 Å². The molecule has 0 amide bonds. The number of anilines is 1. The van der Waals surface area contributed by atoms with Crippen molar-refractivity contribution < 1.29 is 4.74 Å². The summed E-state index contributed by atoms with van der Waals surface area (Å²) < 4.78 is 7.25. The van der Waals surface area contributed by atoms with Gasteiger partial charge in [-0.3, -0.25) is 4.90 Å². The van der Waals surface area contributed by atoms with Crippen LogP contribution in [0.5, 0.6) is 5.75 Å². The molecule has 1 aliphatic heterocycles. The van der Waals surface area contributed by atoms with Gasteiger partial charge in [0.1, 0.15) is 5.75 Å². The monoisotopic (exact) mass is 454 g/mol. The Hall–Kier alpha value is -3.71. The zero-order valence-electron chi connectivity index (χ0n) is 19.7. The number of piperazine rings is 1. The van der Waals surface area contributed by atoms with Crippen molar-refractivity contribution in [2.75, 3.05) is 38.2 Å². The van der Waals surface area contributed by atoms with E-state index in [1.165, 1.54) is 22.4 Å². The zero-order valence-corrected chi connectivity index (χ0v) is 19.7. The maximum absolute atomic E-state index is 5.31. The SMILES string of the molecule is COc1ccc(N2CCN([C@H](c3ccc(C)cc3)c3nnnn3Cc3ccccc3)CC2)cc1. The molecule has 1 atom stereocenters. The number of tetrazole rings is 1. The van der Waals surface area contributed by atoms with Crippen molar-refractivity contribution in [3.63, 3.8) is 0 Å². The average molecular weight is 455 g/mol. The lowest BCUT2D eigenvalue weighted by molar-refractivity contribution is 0.201. The van der Waals surface area contributed by atoms with Crippen molar-refractivity contribution in [1.82, 2.24) is 25.1 Å². The van der Waals surface area contributed by atoms with Gasteiger partial charge in [-0.1, -0.05) is 60.2 Å². The van der Waals surface area contributed by atoms with E-state index >= 15 is 0 Å². The van der Waals surface area contributed by atoms with Crippen molar-refractivity contribution in [1.29, 1.82) is 0 Å². The molecular formula is C27H30N6O. The summed E-state index contributed by atoms with van der Waals surface area (Å²) in [4.78, 5) is 4.92. The van der Waals surface area contributed by atoms with Crippen LogP contribution in [0.4, 0.5) is 5.69 Å². The predicted octanol–water partition coefficient (Wildman–Crippen LogP) is 3.95. The first kappa shape index (κ1) is 22.1. The Morgan fingerprint density at radius 2 is 1.56 bits per heavy atom. The van der Waals surface area contributed by atoms with Crippen LogP contribution >= 0.6 is 0 Å². The van der Waals surface area contributed by atoms with Crippen LogP contribution in [0.2, 0.25) is 0 Å². The van der Waals surface area contributed by atoms with Gasteiger partial charge in [0.15, 0.2) is 5.82 Å². The molecule has 174 valence electrons. The molecular weight excluding hydrogens is 424 g/mol. The van der Waals surface area contributed by atoms with E-state index in [9.17, 15) is 0 Å². The molecule has 1 aromatic heterocycles. The van der Waals surface area contributed by atoms with Crippen molar-refractivity contribution in [3.8, 4) is 5.75 Å². The highest BCUT2D eigenvalue weighted by molar-refractivity contribution is 5.49. The van der Waals surface area contributed by atoms with Crippen LogP contribution in [0, 0.1) is 6.92 Å². The van der Waals surface area contributed by atoms with Crippen molar-refractivity contribution in [2.24, 2.45) is 0 Å². The molecule has 4 aromatic rings. The Kier molecular flexibility index (Phi) is 6.53. The third-order valence-electron chi connectivity index (χ3n) is 6.49. The molecule has 1 saturated heterocycles. The number of hydrogen-bond donors (Lipinski definition) is 0. The fourth-order valence-corrected chi connectivity index (χ4v) is 4.58. The lowest BCUT2D eigenvalue weighted by Crippen LogP contribution is -2.48. The van der Waals surface area contributed by atoms with E-state index in [2.05, 4.69) is 92.9 Å². The summed E-state index contributed by atoms with van der Waals surface area (Å²) in [5.74, 6) is 1.76. The molecule has 7 heteroatoms. The number of hydrogen-bond acceptors (Lipinski definition) is 6. The maximum Gasteiger partial charge on any atom is 0.173 e. The summed E-state index contributed by atoms with van der Waals surface area (Å²) in [5.41, 5.74) is 4.87. The molecule has 0 bridgehead atoms. The molecule has 0 unspecified atom stereocenters. The zero-order chi connectivity index (χ0) is 23.3. The van der Waals surface area contributed by atoms with E-state index in [-0.39, 0.29) is 6.04 Å². The molecule has 1 aliphatic rings. The van der Waals surface area contributed by atoms with Crippen LogP contribution in [0.1, 0.15) is 28.6 Å². The Balaban J connectivity index is 1.40. The Morgan fingerprint density at radius 1 is 0.853 bits per heavy atom. The van der Waals surface area contributed by atoms with E-state index < -0.39 is 0 Å². The predicted molar refractivity (Wildman–Crippen MR) is 133 cm³/mol. The van der Waals surface area contributed by atoms with Crippen LogP contribution in [-0.4, -0.2) is 58.4 Å². The summed E-state index contributed by atoms with van der Waals surface area (Å²) in [7, 11) is 1.70. The molecule has 7 nitrogen and oxygen atoms in total. The topological polar surface area (TPSA) is 59.3 Å². The summed E-state index contributed by atoms with van der Waals surface area (Å²) in [6.07, 6.45) is 0. The van der Waals surface area contributed by atoms with Gasteiger partial charge in [-0.15, -0.1) is 5.10 Å². The third-order valence-corrected chi connectivity index (χ3v) is 6.49. The van der Waals surface area contributed by atoms with Gasteiger partial charge in [-0.05, 0) is 52.7 Å². The minimum Gasteiger partial charge on any atom is -0.497 e. The molecule has 0 N–H and O–H groups in total. The van der Waals surface area contributed by atoms with Gasteiger partial charge in [-0.2, -0.15) is 0 Å². The first-order valence-electron chi connectivity index (χ1n) is 11.7. The van der Waals surface area contributed by atoms with Crippen molar-refractivity contribution in [3.05, 3.63) is 101 Å². The quantitative estimate of drug-likeness (QED) is 0.421. The number of aryl methyl sites for hydroxylation is 1. The molecule has 0 radical (unpaired) electrons. The van der Waals surface area contributed by atoms with E-state index in [4.69, 9.17) is 4.74 Å².